The number of nitrogens with zero attached hydrogens (tertiary/aromatic N) is 2. The summed E-state index contributed by atoms with van der Waals surface area (Å²) >= 11 is 0. The van der Waals surface area contributed by atoms with Gasteiger partial charge in [-0.2, -0.15) is 0 Å². The molecule has 0 spiro atoms. The van der Waals surface area contributed by atoms with Gasteiger partial charge in [0.15, 0.2) is 0 Å². The predicted octanol–water partition coefficient (Wildman–Crippen LogP) is 3.97. The van der Waals surface area contributed by atoms with Gasteiger partial charge in [0.05, 0.1) is 5.69 Å². The first-order valence-electron chi connectivity index (χ1n) is 6.16. The van der Waals surface area contributed by atoms with Gasteiger partial charge in [-0.1, -0.05) is 45.9 Å². The Labute approximate surface area is 104 Å². The van der Waals surface area contributed by atoms with Gasteiger partial charge in [-0.05, 0) is 13.0 Å². The number of aromatic nitrogens is 2. The van der Waals surface area contributed by atoms with Gasteiger partial charge in [-0.3, -0.25) is 0 Å². The number of hydrogen-bond donors (Lipinski definition) is 0. The van der Waals surface area contributed by atoms with E-state index in [1.54, 1.807) is 0 Å². The Morgan fingerprint density at radius 2 is 1.71 bits per heavy atom. The van der Waals surface area contributed by atoms with Gasteiger partial charge in [0.25, 0.3) is 0 Å². The largest absolute Gasteiger partial charge is 0.237 e. The second-order valence-electron chi connectivity index (χ2n) is 5.61. The Kier molecular flexibility index (Phi) is 2.90. The molecule has 90 valence electrons. The van der Waals surface area contributed by atoms with Crippen molar-refractivity contribution in [2.45, 2.75) is 40.5 Å². The average Bonchev–Trinajstić information content (AvgIpc) is 2.38. The minimum atomic E-state index is 0.0884. The van der Waals surface area contributed by atoms with Gasteiger partial charge in [0, 0.05) is 22.6 Å². The van der Waals surface area contributed by atoms with E-state index in [1.807, 2.05) is 0 Å². The monoisotopic (exact) mass is 228 g/mol. The highest BCUT2D eigenvalue weighted by molar-refractivity contribution is 5.67. The van der Waals surface area contributed by atoms with E-state index in [0.717, 1.165) is 22.8 Å². The minimum absolute atomic E-state index is 0.0884. The van der Waals surface area contributed by atoms with Gasteiger partial charge in [-0.25, -0.2) is 9.97 Å². The lowest BCUT2D eigenvalue weighted by molar-refractivity contribution is 0.633. The van der Waals surface area contributed by atoms with Crippen LogP contribution in [0.3, 0.4) is 0 Å². The summed E-state index contributed by atoms with van der Waals surface area (Å²) in [5.74, 6) is 1.30. The molecule has 0 radical (unpaired) electrons. The van der Waals surface area contributed by atoms with Crippen molar-refractivity contribution in [3.63, 3.8) is 0 Å². The van der Waals surface area contributed by atoms with E-state index >= 15 is 0 Å². The van der Waals surface area contributed by atoms with Crippen molar-refractivity contribution >= 4 is 12.2 Å². The fourth-order valence-electron chi connectivity index (χ4n) is 1.86. The van der Waals surface area contributed by atoms with Gasteiger partial charge < -0.3 is 0 Å². The Bertz CT molecular complexity index is 494. The molecule has 1 aliphatic rings. The molecule has 17 heavy (non-hydrogen) atoms. The van der Waals surface area contributed by atoms with Crippen LogP contribution in [0, 0.1) is 12.3 Å². The van der Waals surface area contributed by atoms with Crippen molar-refractivity contribution in [3.05, 3.63) is 34.9 Å². The lowest BCUT2D eigenvalue weighted by Gasteiger charge is -2.11. The summed E-state index contributed by atoms with van der Waals surface area (Å²) in [4.78, 5) is 9.23. The average molecular weight is 228 g/mol. The second-order valence-corrected chi connectivity index (χ2v) is 5.61. The molecule has 1 heterocycles. The molecule has 0 amide bonds. The molecule has 0 bridgehead atoms. The fourth-order valence-corrected chi connectivity index (χ4v) is 1.86. The molecule has 1 aromatic rings. The van der Waals surface area contributed by atoms with Gasteiger partial charge in [-0.15, -0.1) is 0 Å². The Balaban J connectivity index is 2.58. The first-order valence-corrected chi connectivity index (χ1v) is 6.16. The molecule has 2 heteroatoms. The van der Waals surface area contributed by atoms with E-state index in [1.165, 1.54) is 0 Å². The summed E-state index contributed by atoms with van der Waals surface area (Å²) in [7, 11) is 0. The third-order valence-electron chi connectivity index (χ3n) is 3.05. The third-order valence-corrected chi connectivity index (χ3v) is 3.05. The molecule has 0 aliphatic heterocycles. The van der Waals surface area contributed by atoms with Gasteiger partial charge in [0.2, 0.25) is 0 Å². The Morgan fingerprint density at radius 3 is 2.35 bits per heavy atom. The van der Waals surface area contributed by atoms with Crippen LogP contribution in [0.5, 0.6) is 0 Å². The first-order chi connectivity index (χ1) is 7.89. The van der Waals surface area contributed by atoms with Crippen LogP contribution in [0.2, 0.25) is 0 Å². The van der Waals surface area contributed by atoms with Crippen LogP contribution in [0.4, 0.5) is 0 Å². The maximum Gasteiger partial charge on any atom is 0.131 e. The van der Waals surface area contributed by atoms with E-state index in [-0.39, 0.29) is 5.41 Å². The molecule has 1 aliphatic carbocycles. The Morgan fingerprint density at radius 1 is 1.06 bits per heavy atom. The van der Waals surface area contributed by atoms with Crippen LogP contribution in [0.15, 0.2) is 12.2 Å². The fraction of sp³-hybridized carbons (Fsp3) is 0.467. The summed E-state index contributed by atoms with van der Waals surface area (Å²) in [6.45, 7) is 10.7. The molecular formula is C15H20N2. The highest BCUT2D eigenvalue weighted by atomic mass is 14.9. The van der Waals surface area contributed by atoms with E-state index in [2.05, 4.69) is 68.9 Å². The number of fused-ring (bicyclic) bond motifs is 1. The van der Waals surface area contributed by atoms with E-state index in [0.29, 0.717) is 5.92 Å². The van der Waals surface area contributed by atoms with E-state index < -0.39 is 0 Å². The molecular weight excluding hydrogens is 208 g/mol. The molecule has 0 aromatic carbocycles. The summed E-state index contributed by atoms with van der Waals surface area (Å²) in [5.41, 5.74) is 3.35. The van der Waals surface area contributed by atoms with Crippen molar-refractivity contribution in [3.8, 4) is 0 Å². The summed E-state index contributed by atoms with van der Waals surface area (Å²) < 4.78 is 0. The first kappa shape index (κ1) is 12.0. The van der Waals surface area contributed by atoms with Crippen LogP contribution < -0.4 is 0 Å². The highest BCUT2D eigenvalue weighted by Gasteiger charge is 2.16. The van der Waals surface area contributed by atoms with E-state index in [4.69, 9.17) is 0 Å². The number of allylic oxidation sites excluding steroid dienone is 2. The van der Waals surface area contributed by atoms with Crippen molar-refractivity contribution in [2.75, 3.05) is 0 Å². The maximum absolute atomic E-state index is 4.65. The topological polar surface area (TPSA) is 25.8 Å². The van der Waals surface area contributed by atoms with Gasteiger partial charge in [0.1, 0.15) is 5.82 Å². The quantitative estimate of drug-likeness (QED) is 0.726. The SMILES string of the molecule is Cc1nc(C(C)C)nc2c1C=CC(C)(C)C=C2. The van der Waals surface area contributed by atoms with Crippen LogP contribution in [0.25, 0.3) is 12.2 Å². The molecule has 0 fully saturated rings. The molecule has 0 N–H and O–H groups in total. The zero-order valence-electron chi connectivity index (χ0n) is 11.3. The lowest BCUT2D eigenvalue weighted by atomic mass is 9.93. The molecule has 1 aromatic heterocycles. The molecule has 0 atom stereocenters. The molecule has 0 unspecified atom stereocenters. The van der Waals surface area contributed by atoms with Crippen molar-refractivity contribution in [2.24, 2.45) is 5.41 Å². The third kappa shape index (κ3) is 2.46. The molecule has 2 rings (SSSR count). The second kappa shape index (κ2) is 4.10. The van der Waals surface area contributed by atoms with Crippen molar-refractivity contribution in [1.29, 1.82) is 0 Å². The highest BCUT2D eigenvalue weighted by Crippen LogP contribution is 2.28. The standard InChI is InChI=1S/C15H20N2/c1-10(2)14-16-11(3)12-6-8-15(4,5)9-7-13(12)17-14/h6-10H,1-5H3. The number of hydrogen-bond acceptors (Lipinski definition) is 2. The smallest absolute Gasteiger partial charge is 0.131 e. The molecule has 0 saturated heterocycles. The molecule has 2 nitrogen and oxygen atoms in total. The van der Waals surface area contributed by atoms with Crippen molar-refractivity contribution in [1.82, 2.24) is 9.97 Å². The predicted molar refractivity (Wildman–Crippen MR) is 72.7 cm³/mol. The number of aryl methyl sites for hydroxylation is 1. The zero-order valence-corrected chi connectivity index (χ0v) is 11.3. The summed E-state index contributed by atoms with van der Waals surface area (Å²) in [6.07, 6.45) is 8.68. The van der Waals surface area contributed by atoms with Crippen LogP contribution >= 0.6 is 0 Å². The van der Waals surface area contributed by atoms with Crippen LogP contribution in [0.1, 0.15) is 56.4 Å². The summed E-state index contributed by atoms with van der Waals surface area (Å²) in [5, 5.41) is 0. The summed E-state index contributed by atoms with van der Waals surface area (Å²) in [6, 6.07) is 0. The molecule has 0 saturated carbocycles. The van der Waals surface area contributed by atoms with Crippen molar-refractivity contribution < 1.29 is 0 Å². The van der Waals surface area contributed by atoms with Crippen LogP contribution in [-0.2, 0) is 0 Å². The Hall–Kier alpha value is -1.44. The minimum Gasteiger partial charge on any atom is -0.237 e. The lowest BCUT2D eigenvalue weighted by Crippen LogP contribution is -2.04. The van der Waals surface area contributed by atoms with Crippen LogP contribution in [-0.4, -0.2) is 9.97 Å². The van der Waals surface area contributed by atoms with E-state index in [9.17, 15) is 0 Å². The normalized spacial score (nSPS) is 17.1. The number of rotatable bonds is 1. The maximum atomic E-state index is 4.65. The van der Waals surface area contributed by atoms with Gasteiger partial charge >= 0.3 is 0 Å². The zero-order chi connectivity index (χ0) is 12.6.